The molecule has 0 fully saturated rings. The van der Waals surface area contributed by atoms with Gasteiger partial charge >= 0.3 is 12.1 Å². The molecule has 1 aliphatic rings. The molecule has 0 radical (unpaired) electrons. The summed E-state index contributed by atoms with van der Waals surface area (Å²) in [7, 11) is 1.33. The van der Waals surface area contributed by atoms with Gasteiger partial charge in [-0.25, -0.2) is 9.59 Å². The number of carbonyl (C=O) groups is 2. The van der Waals surface area contributed by atoms with E-state index >= 15 is 0 Å². The van der Waals surface area contributed by atoms with Crippen molar-refractivity contribution >= 4 is 29.0 Å². The first-order valence-corrected chi connectivity index (χ1v) is 8.45. The van der Waals surface area contributed by atoms with Crippen LogP contribution in [-0.2, 0) is 4.74 Å². The smallest absolute Gasteiger partial charge is 0.408 e. The molecular formula is C18H17NO4S. The number of thiophene rings is 1. The van der Waals surface area contributed by atoms with Crippen molar-refractivity contribution in [1.29, 1.82) is 0 Å². The van der Waals surface area contributed by atoms with E-state index < -0.39 is 12.1 Å². The minimum Gasteiger partial charge on any atom is -0.465 e. The molecule has 5 nitrogen and oxygen atoms in total. The van der Waals surface area contributed by atoms with Gasteiger partial charge in [0.05, 0.1) is 18.7 Å². The van der Waals surface area contributed by atoms with E-state index in [1.54, 1.807) is 35.6 Å². The Balaban J connectivity index is 1.95. The van der Waals surface area contributed by atoms with Crippen LogP contribution in [-0.4, -0.2) is 35.7 Å². The van der Waals surface area contributed by atoms with Crippen LogP contribution >= 0.6 is 11.3 Å². The number of amides is 1. The molecule has 0 saturated heterocycles. The number of carbonyl (C=O) groups excluding carboxylic acids is 1. The zero-order valence-corrected chi connectivity index (χ0v) is 14.0. The molecule has 1 amide bonds. The van der Waals surface area contributed by atoms with E-state index in [0.29, 0.717) is 18.5 Å². The molecule has 2 heterocycles. The van der Waals surface area contributed by atoms with Gasteiger partial charge in [0, 0.05) is 6.54 Å². The summed E-state index contributed by atoms with van der Waals surface area (Å²) in [4.78, 5) is 24.5. The van der Waals surface area contributed by atoms with Crippen molar-refractivity contribution in [3.05, 3.63) is 63.9 Å². The van der Waals surface area contributed by atoms with Crippen LogP contribution in [0.25, 0.3) is 5.57 Å². The Hall–Kier alpha value is -2.60. The van der Waals surface area contributed by atoms with E-state index in [1.165, 1.54) is 12.0 Å². The highest BCUT2D eigenvalue weighted by molar-refractivity contribution is 7.08. The number of benzene rings is 1. The largest absolute Gasteiger partial charge is 0.465 e. The number of esters is 1. The third-order valence-corrected chi connectivity index (χ3v) is 4.81. The lowest BCUT2D eigenvalue weighted by Crippen LogP contribution is -2.36. The molecule has 0 spiro atoms. The fourth-order valence-electron chi connectivity index (χ4n) is 2.86. The maximum atomic E-state index is 11.6. The van der Waals surface area contributed by atoms with Crippen LogP contribution < -0.4 is 0 Å². The first-order valence-electron chi connectivity index (χ1n) is 7.51. The van der Waals surface area contributed by atoms with Gasteiger partial charge in [-0.2, -0.15) is 11.3 Å². The van der Waals surface area contributed by atoms with Crippen LogP contribution in [0.1, 0.15) is 33.9 Å². The molecule has 0 aliphatic carbocycles. The Labute approximate surface area is 143 Å². The first-order chi connectivity index (χ1) is 11.6. The molecule has 3 rings (SSSR count). The average molecular weight is 343 g/mol. The second kappa shape index (κ2) is 6.88. The van der Waals surface area contributed by atoms with E-state index in [9.17, 15) is 14.7 Å². The number of hydrogen-bond donors (Lipinski definition) is 1. The second-order valence-corrected chi connectivity index (χ2v) is 6.27. The fraction of sp³-hybridized carbons (Fsp3) is 0.222. The van der Waals surface area contributed by atoms with Crippen molar-refractivity contribution in [2.45, 2.75) is 12.5 Å². The van der Waals surface area contributed by atoms with Gasteiger partial charge in [0.25, 0.3) is 0 Å². The number of methoxy groups -OCH3 is 1. The maximum Gasteiger partial charge on any atom is 0.408 e. The predicted octanol–water partition coefficient (Wildman–Crippen LogP) is 4.04. The van der Waals surface area contributed by atoms with Gasteiger partial charge in [-0.1, -0.05) is 18.2 Å². The molecule has 0 saturated carbocycles. The minimum atomic E-state index is -0.947. The van der Waals surface area contributed by atoms with Gasteiger partial charge in [0.2, 0.25) is 0 Å². The maximum absolute atomic E-state index is 11.6. The minimum absolute atomic E-state index is 0.363. The number of hydrogen-bond acceptors (Lipinski definition) is 4. The Bertz CT molecular complexity index is 765. The van der Waals surface area contributed by atoms with E-state index in [1.807, 2.05) is 17.5 Å². The van der Waals surface area contributed by atoms with Crippen molar-refractivity contribution < 1.29 is 19.4 Å². The van der Waals surface area contributed by atoms with Gasteiger partial charge in [0.1, 0.15) is 0 Å². The number of nitrogens with zero attached hydrogens (tertiary/aromatic N) is 1. The third kappa shape index (κ3) is 3.19. The van der Waals surface area contributed by atoms with E-state index in [4.69, 9.17) is 4.74 Å². The summed E-state index contributed by atoms with van der Waals surface area (Å²) in [5, 5.41) is 13.6. The Morgan fingerprint density at radius 3 is 2.58 bits per heavy atom. The normalized spacial score (nSPS) is 17.3. The topological polar surface area (TPSA) is 66.8 Å². The summed E-state index contributed by atoms with van der Waals surface area (Å²) < 4.78 is 4.69. The first kappa shape index (κ1) is 16.3. The molecule has 124 valence electrons. The number of ether oxygens (including phenoxy) is 1. The lowest BCUT2D eigenvalue weighted by molar-refractivity contribution is 0.0600. The van der Waals surface area contributed by atoms with Crippen molar-refractivity contribution in [2.75, 3.05) is 13.7 Å². The van der Waals surface area contributed by atoms with Gasteiger partial charge in [0.15, 0.2) is 0 Å². The second-order valence-electron chi connectivity index (χ2n) is 5.49. The van der Waals surface area contributed by atoms with Crippen molar-refractivity contribution in [1.82, 2.24) is 4.90 Å². The van der Waals surface area contributed by atoms with Gasteiger partial charge in [-0.05, 0) is 52.1 Å². The van der Waals surface area contributed by atoms with Crippen molar-refractivity contribution in [3.8, 4) is 0 Å². The van der Waals surface area contributed by atoms with Crippen LogP contribution in [0.15, 0.2) is 47.2 Å². The lowest BCUT2D eigenvalue weighted by atomic mass is 9.93. The molecule has 1 aliphatic heterocycles. The van der Waals surface area contributed by atoms with Gasteiger partial charge < -0.3 is 9.84 Å². The molecule has 0 bridgehead atoms. The van der Waals surface area contributed by atoms with Crippen LogP contribution in [0.3, 0.4) is 0 Å². The Morgan fingerprint density at radius 1 is 1.25 bits per heavy atom. The zero-order valence-electron chi connectivity index (χ0n) is 13.1. The molecule has 1 aromatic carbocycles. The predicted molar refractivity (Wildman–Crippen MR) is 92.2 cm³/mol. The molecule has 1 aromatic heterocycles. The summed E-state index contributed by atoms with van der Waals surface area (Å²) in [5.74, 6) is -0.408. The van der Waals surface area contributed by atoms with Crippen LogP contribution in [0.4, 0.5) is 4.79 Å². The SMILES string of the molecule is COC(=O)c1ccc([C@@H]2C=C(c3ccsc3)CCN2C(=O)O)cc1. The zero-order chi connectivity index (χ0) is 17.1. The third-order valence-electron chi connectivity index (χ3n) is 4.13. The number of rotatable bonds is 3. The van der Waals surface area contributed by atoms with Crippen LogP contribution in [0, 0.1) is 0 Å². The average Bonchev–Trinajstić information content (AvgIpc) is 3.15. The molecule has 6 heteroatoms. The quantitative estimate of drug-likeness (QED) is 0.854. The van der Waals surface area contributed by atoms with Crippen LogP contribution in [0.5, 0.6) is 0 Å². The summed E-state index contributed by atoms with van der Waals surface area (Å²) >= 11 is 1.62. The summed E-state index contributed by atoms with van der Waals surface area (Å²) in [6, 6.07) is 8.56. The Kier molecular flexibility index (Phi) is 4.66. The molecule has 2 aromatic rings. The molecule has 1 atom stereocenters. The summed E-state index contributed by atoms with van der Waals surface area (Å²) in [6.07, 6.45) is 1.74. The standard InChI is InChI=1S/C18H17NO4S/c1-23-17(20)13-4-2-12(3-5-13)16-10-14(15-7-9-24-11-15)6-8-19(16)18(21)22/h2-5,7,9-11,16H,6,8H2,1H3,(H,21,22)/t16-/m0/s1. The molecular weight excluding hydrogens is 326 g/mol. The highest BCUT2D eigenvalue weighted by Crippen LogP contribution is 2.34. The van der Waals surface area contributed by atoms with Gasteiger partial charge in [-0.15, -0.1) is 0 Å². The fourth-order valence-corrected chi connectivity index (χ4v) is 3.54. The Morgan fingerprint density at radius 2 is 2.00 bits per heavy atom. The van der Waals surface area contributed by atoms with Crippen molar-refractivity contribution in [2.24, 2.45) is 0 Å². The van der Waals surface area contributed by atoms with E-state index in [-0.39, 0.29) is 6.04 Å². The van der Waals surface area contributed by atoms with E-state index in [2.05, 4.69) is 5.38 Å². The van der Waals surface area contributed by atoms with E-state index in [0.717, 1.165) is 16.7 Å². The molecule has 0 unspecified atom stereocenters. The van der Waals surface area contributed by atoms with Gasteiger partial charge in [-0.3, -0.25) is 4.90 Å². The molecule has 1 N–H and O–H groups in total. The summed E-state index contributed by atoms with van der Waals surface area (Å²) in [5.41, 5.74) is 3.57. The highest BCUT2D eigenvalue weighted by atomic mass is 32.1. The number of carboxylic acid groups (broad SMARTS) is 1. The van der Waals surface area contributed by atoms with Crippen molar-refractivity contribution in [3.63, 3.8) is 0 Å². The lowest BCUT2D eigenvalue weighted by Gasteiger charge is -2.32. The monoisotopic (exact) mass is 343 g/mol. The highest BCUT2D eigenvalue weighted by Gasteiger charge is 2.28. The molecule has 24 heavy (non-hydrogen) atoms. The summed E-state index contributed by atoms with van der Waals surface area (Å²) in [6.45, 7) is 0.445. The van der Waals surface area contributed by atoms with Crippen LogP contribution in [0.2, 0.25) is 0 Å².